The van der Waals surface area contributed by atoms with Crippen molar-refractivity contribution >= 4 is 17.2 Å². The minimum Gasteiger partial charge on any atom is -0.335 e. The molecule has 1 saturated heterocycles. The van der Waals surface area contributed by atoms with Crippen LogP contribution in [0.25, 0.3) is 10.6 Å². The minimum absolute atomic E-state index is 0.000000197. The summed E-state index contributed by atoms with van der Waals surface area (Å²) in [6.45, 7) is 4.77. The molecular formula is C25H26F3N3OS. The first kappa shape index (κ1) is 23.4. The van der Waals surface area contributed by atoms with Crippen molar-refractivity contribution < 1.29 is 18.0 Å². The summed E-state index contributed by atoms with van der Waals surface area (Å²) < 4.78 is 38.5. The molecule has 8 heteroatoms. The van der Waals surface area contributed by atoms with Crippen molar-refractivity contribution in [2.45, 2.75) is 51.7 Å². The van der Waals surface area contributed by atoms with Gasteiger partial charge in [-0.3, -0.25) is 9.78 Å². The van der Waals surface area contributed by atoms with E-state index in [1.165, 1.54) is 17.4 Å². The van der Waals surface area contributed by atoms with Crippen LogP contribution in [0.2, 0.25) is 0 Å². The highest BCUT2D eigenvalue weighted by Crippen LogP contribution is 2.33. The molecule has 0 bridgehead atoms. The largest absolute Gasteiger partial charge is 0.417 e. The van der Waals surface area contributed by atoms with Crippen LogP contribution >= 0.6 is 11.3 Å². The van der Waals surface area contributed by atoms with E-state index in [-0.39, 0.29) is 11.9 Å². The lowest BCUT2D eigenvalue weighted by Crippen LogP contribution is -2.48. The average molecular weight is 474 g/mol. The number of likely N-dealkylation sites (tertiary alicyclic amines) is 1. The van der Waals surface area contributed by atoms with Gasteiger partial charge in [-0.2, -0.15) is 13.2 Å². The molecule has 33 heavy (non-hydrogen) atoms. The van der Waals surface area contributed by atoms with Crippen molar-refractivity contribution in [1.29, 1.82) is 0 Å². The lowest BCUT2D eigenvalue weighted by atomic mass is 9.86. The van der Waals surface area contributed by atoms with Gasteiger partial charge in [0.05, 0.1) is 11.1 Å². The molecule has 4 rings (SSSR count). The van der Waals surface area contributed by atoms with Crippen LogP contribution in [0.5, 0.6) is 0 Å². The van der Waals surface area contributed by atoms with Gasteiger partial charge in [0.25, 0.3) is 5.91 Å². The zero-order valence-electron chi connectivity index (χ0n) is 18.6. The number of thiazole rings is 1. The second-order valence-corrected chi connectivity index (χ2v) is 9.54. The Morgan fingerprint density at radius 1 is 1.21 bits per heavy atom. The van der Waals surface area contributed by atoms with E-state index in [4.69, 9.17) is 0 Å². The highest BCUT2D eigenvalue weighted by atomic mass is 32.1. The third-order valence-corrected chi connectivity index (χ3v) is 7.10. The summed E-state index contributed by atoms with van der Waals surface area (Å²) in [5.41, 5.74) is 2.35. The Bertz CT molecular complexity index is 1100. The summed E-state index contributed by atoms with van der Waals surface area (Å²) in [5.74, 6) is 0.283. The molecule has 0 saturated carbocycles. The summed E-state index contributed by atoms with van der Waals surface area (Å²) in [6, 6.07) is 8.37. The van der Waals surface area contributed by atoms with E-state index >= 15 is 0 Å². The van der Waals surface area contributed by atoms with Gasteiger partial charge in [0, 0.05) is 41.6 Å². The summed E-state index contributed by atoms with van der Waals surface area (Å²) in [4.78, 5) is 24.1. The normalized spacial score (nSPS) is 19.0. The van der Waals surface area contributed by atoms with Crippen LogP contribution in [0.4, 0.5) is 13.2 Å². The number of nitrogens with zero attached hydrogens (tertiary/aromatic N) is 3. The van der Waals surface area contributed by atoms with Gasteiger partial charge in [0.2, 0.25) is 0 Å². The molecule has 0 N–H and O–H groups in total. The van der Waals surface area contributed by atoms with Crippen molar-refractivity contribution in [2.24, 2.45) is 5.92 Å². The lowest BCUT2D eigenvalue weighted by molar-refractivity contribution is -0.137. The fraction of sp³-hybridized carbons (Fsp3) is 0.400. The second-order valence-electron chi connectivity index (χ2n) is 8.65. The number of carbonyl (C=O) groups excluding carboxylic acids is 1. The molecule has 1 amide bonds. The van der Waals surface area contributed by atoms with Crippen LogP contribution in [0.15, 0.2) is 48.1 Å². The van der Waals surface area contributed by atoms with Gasteiger partial charge in [-0.25, -0.2) is 4.98 Å². The molecule has 0 spiro atoms. The number of piperidine rings is 1. The number of halogens is 3. The number of hydrogen-bond donors (Lipinski definition) is 0. The van der Waals surface area contributed by atoms with Gasteiger partial charge < -0.3 is 4.90 Å². The van der Waals surface area contributed by atoms with Crippen LogP contribution in [0.1, 0.15) is 53.4 Å². The van der Waals surface area contributed by atoms with Crippen molar-refractivity contribution in [2.75, 3.05) is 6.54 Å². The molecular weight excluding hydrogens is 447 g/mol. The smallest absolute Gasteiger partial charge is 0.335 e. The van der Waals surface area contributed by atoms with Gasteiger partial charge in [0.15, 0.2) is 0 Å². The SMILES string of the molecule is Cc1ccc(-c2nccs2)c(C(=O)N2CCC[C@@H](C)[C@H]2CCc2ccc(C(F)(F)F)cn2)c1. The van der Waals surface area contributed by atoms with Crippen LogP contribution in [-0.2, 0) is 12.6 Å². The van der Waals surface area contributed by atoms with E-state index in [1.54, 1.807) is 6.20 Å². The van der Waals surface area contributed by atoms with Gasteiger partial charge >= 0.3 is 6.18 Å². The lowest BCUT2D eigenvalue weighted by Gasteiger charge is -2.40. The molecule has 1 aromatic carbocycles. The van der Waals surface area contributed by atoms with Gasteiger partial charge in [-0.15, -0.1) is 11.3 Å². The minimum atomic E-state index is -4.39. The van der Waals surface area contributed by atoms with E-state index in [2.05, 4.69) is 16.9 Å². The van der Waals surface area contributed by atoms with Gasteiger partial charge in [-0.1, -0.05) is 24.6 Å². The van der Waals surface area contributed by atoms with E-state index in [9.17, 15) is 18.0 Å². The van der Waals surface area contributed by atoms with Crippen molar-refractivity contribution in [3.05, 3.63) is 70.5 Å². The Hall–Kier alpha value is -2.74. The third kappa shape index (κ3) is 5.27. The third-order valence-electron chi connectivity index (χ3n) is 6.29. The molecule has 3 heterocycles. The summed E-state index contributed by atoms with van der Waals surface area (Å²) in [7, 11) is 0. The first-order chi connectivity index (χ1) is 15.7. The number of benzene rings is 1. The van der Waals surface area contributed by atoms with Crippen molar-refractivity contribution in [3.8, 4) is 10.6 Å². The molecule has 3 aromatic rings. The van der Waals surface area contributed by atoms with Crippen LogP contribution in [0.3, 0.4) is 0 Å². The number of pyridine rings is 1. The maximum atomic E-state index is 13.8. The molecule has 1 aliphatic rings. The second kappa shape index (κ2) is 9.63. The Morgan fingerprint density at radius 3 is 2.70 bits per heavy atom. The highest BCUT2D eigenvalue weighted by Gasteiger charge is 2.34. The Morgan fingerprint density at radius 2 is 2.03 bits per heavy atom. The Kier molecular flexibility index (Phi) is 6.83. The van der Waals surface area contributed by atoms with Crippen molar-refractivity contribution in [3.63, 3.8) is 0 Å². The number of amides is 1. The number of hydrogen-bond acceptors (Lipinski definition) is 4. The van der Waals surface area contributed by atoms with Crippen molar-refractivity contribution in [1.82, 2.24) is 14.9 Å². The monoisotopic (exact) mass is 473 g/mol. The standard InChI is InChI=1S/C25H26F3N3OS/c1-16-5-9-20(23-29-11-13-33-23)21(14-16)24(32)31-12-3-4-17(2)22(31)10-8-19-7-6-18(15-30-19)25(26,27)28/h5-7,9,11,13-15,17,22H,3-4,8,10,12H2,1-2H3/t17-,22-/m1/s1. The molecule has 174 valence electrons. The first-order valence-corrected chi connectivity index (χ1v) is 12.0. The topological polar surface area (TPSA) is 46.1 Å². The van der Waals surface area contributed by atoms with E-state index in [1.807, 2.05) is 35.4 Å². The molecule has 2 aromatic heterocycles. The summed E-state index contributed by atoms with van der Waals surface area (Å²) in [5, 5.41) is 2.71. The molecule has 1 aliphatic heterocycles. The first-order valence-electron chi connectivity index (χ1n) is 11.1. The zero-order valence-corrected chi connectivity index (χ0v) is 19.4. The van der Waals surface area contributed by atoms with E-state index < -0.39 is 11.7 Å². The van der Waals surface area contributed by atoms with Crippen LogP contribution in [-0.4, -0.2) is 33.4 Å². The predicted molar refractivity (Wildman–Crippen MR) is 123 cm³/mol. The van der Waals surface area contributed by atoms with Crippen LogP contribution < -0.4 is 0 Å². The number of aryl methyl sites for hydroxylation is 2. The summed E-state index contributed by atoms with van der Waals surface area (Å²) >= 11 is 1.50. The fourth-order valence-corrected chi connectivity index (χ4v) is 5.19. The summed E-state index contributed by atoms with van der Waals surface area (Å²) in [6.07, 6.45) is 1.35. The van der Waals surface area contributed by atoms with Gasteiger partial charge in [-0.05, 0) is 56.7 Å². The Balaban J connectivity index is 1.55. The molecule has 1 fully saturated rings. The number of alkyl halides is 3. The van der Waals surface area contributed by atoms with E-state index in [0.29, 0.717) is 36.6 Å². The number of rotatable bonds is 5. The fourth-order valence-electron chi connectivity index (χ4n) is 4.51. The molecule has 0 aliphatic carbocycles. The average Bonchev–Trinajstić information content (AvgIpc) is 3.32. The van der Waals surface area contributed by atoms with Crippen LogP contribution in [0, 0.1) is 12.8 Å². The molecule has 2 atom stereocenters. The maximum absolute atomic E-state index is 13.8. The molecule has 4 nitrogen and oxygen atoms in total. The zero-order chi connectivity index (χ0) is 23.6. The quantitative estimate of drug-likeness (QED) is 0.430. The molecule has 0 radical (unpaired) electrons. The maximum Gasteiger partial charge on any atom is 0.417 e. The Labute approximate surface area is 195 Å². The number of aromatic nitrogens is 2. The van der Waals surface area contributed by atoms with Gasteiger partial charge in [0.1, 0.15) is 5.01 Å². The predicted octanol–water partition coefficient (Wildman–Crippen LogP) is 6.41. The van der Waals surface area contributed by atoms with E-state index in [0.717, 1.165) is 41.2 Å². The molecule has 0 unspecified atom stereocenters. The number of carbonyl (C=O) groups is 1. The highest BCUT2D eigenvalue weighted by molar-refractivity contribution is 7.13.